The number of anilines is 1. The summed E-state index contributed by atoms with van der Waals surface area (Å²) in [6.07, 6.45) is 1.75. The molecule has 0 unspecified atom stereocenters. The van der Waals surface area contributed by atoms with E-state index in [4.69, 9.17) is 5.73 Å². The molecular formula is C13H26N2. The monoisotopic (exact) mass is 210 g/mol. The number of aromatic nitrogens is 1. The average molecular weight is 210 g/mol. The summed E-state index contributed by atoms with van der Waals surface area (Å²) in [5.41, 5.74) is 8.11. The molecule has 0 radical (unpaired) electrons. The minimum Gasteiger partial charge on any atom is -0.383 e. The van der Waals surface area contributed by atoms with Gasteiger partial charge in [-0.2, -0.15) is 0 Å². The van der Waals surface area contributed by atoms with Gasteiger partial charge in [-0.3, -0.25) is 0 Å². The van der Waals surface area contributed by atoms with Gasteiger partial charge in [-0.05, 0) is 30.0 Å². The van der Waals surface area contributed by atoms with E-state index in [0.717, 1.165) is 0 Å². The third kappa shape index (κ3) is 5.40. The lowest BCUT2D eigenvalue weighted by molar-refractivity contribution is 0.852. The zero-order valence-corrected chi connectivity index (χ0v) is 11.3. The third-order valence-corrected chi connectivity index (χ3v) is 1.82. The van der Waals surface area contributed by atoms with Crippen molar-refractivity contribution in [1.82, 2.24) is 4.98 Å². The van der Waals surface area contributed by atoms with Crippen LogP contribution in [0.15, 0.2) is 12.3 Å². The van der Waals surface area contributed by atoms with Gasteiger partial charge in [0.25, 0.3) is 0 Å². The first-order valence-electron chi connectivity index (χ1n) is 5.84. The largest absolute Gasteiger partial charge is 0.383 e. The molecule has 0 spiro atoms. The van der Waals surface area contributed by atoms with Crippen LogP contribution in [-0.4, -0.2) is 4.98 Å². The van der Waals surface area contributed by atoms with E-state index in [1.165, 1.54) is 11.1 Å². The average Bonchev–Trinajstić information content (AvgIpc) is 2.23. The molecule has 0 amide bonds. The Hall–Kier alpha value is -1.05. The predicted molar refractivity (Wildman–Crippen MR) is 70.2 cm³/mol. The summed E-state index contributed by atoms with van der Waals surface area (Å²) in [5, 5.41) is 0. The van der Waals surface area contributed by atoms with Crippen molar-refractivity contribution in [3.8, 4) is 0 Å². The van der Waals surface area contributed by atoms with Crippen molar-refractivity contribution in [1.29, 1.82) is 0 Å². The molecular weight excluding hydrogens is 184 g/mol. The van der Waals surface area contributed by atoms with Crippen molar-refractivity contribution in [2.75, 3.05) is 5.73 Å². The Balaban J connectivity index is 0. The summed E-state index contributed by atoms with van der Waals surface area (Å²) >= 11 is 0. The number of rotatable bonds is 1. The fraction of sp³-hybridized carbons (Fsp3) is 0.615. The van der Waals surface area contributed by atoms with Gasteiger partial charge < -0.3 is 5.73 Å². The molecule has 2 N–H and O–H groups in total. The van der Waals surface area contributed by atoms with Gasteiger partial charge in [-0.1, -0.05) is 41.5 Å². The summed E-state index contributed by atoms with van der Waals surface area (Å²) < 4.78 is 0. The number of aryl methyl sites for hydroxylation is 1. The number of pyridine rings is 1. The van der Waals surface area contributed by atoms with Gasteiger partial charge >= 0.3 is 0 Å². The van der Waals surface area contributed by atoms with Crippen LogP contribution in [0.3, 0.4) is 0 Å². The summed E-state index contributed by atoms with van der Waals surface area (Å²) in [5.74, 6) is 1.13. The smallest absolute Gasteiger partial charge is 0.127 e. The Morgan fingerprint density at radius 2 is 1.60 bits per heavy atom. The SMILES string of the molecule is CC.CC.Cc1ccnc(N)c1C(C)C. The maximum absolute atomic E-state index is 5.71. The number of nitrogens with two attached hydrogens (primary N) is 1. The highest BCUT2D eigenvalue weighted by Crippen LogP contribution is 2.22. The van der Waals surface area contributed by atoms with Crippen LogP contribution < -0.4 is 5.73 Å². The zero-order valence-electron chi connectivity index (χ0n) is 11.3. The molecule has 0 bridgehead atoms. The van der Waals surface area contributed by atoms with Crippen LogP contribution in [0.25, 0.3) is 0 Å². The lowest BCUT2D eigenvalue weighted by Gasteiger charge is -2.10. The van der Waals surface area contributed by atoms with Gasteiger partial charge in [-0.25, -0.2) is 4.98 Å². The molecule has 0 saturated carbocycles. The zero-order chi connectivity index (χ0) is 12.4. The van der Waals surface area contributed by atoms with E-state index in [9.17, 15) is 0 Å². The van der Waals surface area contributed by atoms with E-state index in [1.807, 2.05) is 33.8 Å². The maximum Gasteiger partial charge on any atom is 0.127 e. The fourth-order valence-corrected chi connectivity index (χ4v) is 1.34. The first-order chi connectivity index (χ1) is 7.13. The summed E-state index contributed by atoms with van der Waals surface area (Å²) in [4.78, 5) is 4.04. The second kappa shape index (κ2) is 9.50. The van der Waals surface area contributed by atoms with Gasteiger partial charge in [-0.15, -0.1) is 0 Å². The molecule has 88 valence electrons. The molecule has 0 aliphatic carbocycles. The molecule has 0 atom stereocenters. The molecule has 1 aromatic heterocycles. The van der Waals surface area contributed by atoms with Crippen molar-refractivity contribution in [3.05, 3.63) is 23.4 Å². The Morgan fingerprint density at radius 3 is 1.87 bits per heavy atom. The van der Waals surface area contributed by atoms with Crippen LogP contribution in [0, 0.1) is 6.92 Å². The van der Waals surface area contributed by atoms with Gasteiger partial charge in [0.05, 0.1) is 0 Å². The summed E-state index contributed by atoms with van der Waals surface area (Å²) in [7, 11) is 0. The quantitative estimate of drug-likeness (QED) is 0.756. The summed E-state index contributed by atoms with van der Waals surface area (Å²) in [6, 6.07) is 1.99. The molecule has 0 saturated heterocycles. The van der Waals surface area contributed by atoms with Crippen molar-refractivity contribution < 1.29 is 0 Å². The number of hydrogen-bond acceptors (Lipinski definition) is 2. The minimum atomic E-state index is 0.462. The predicted octanol–water partition coefficient (Wildman–Crippen LogP) is 4.15. The second-order valence-corrected chi connectivity index (χ2v) is 3.08. The highest BCUT2D eigenvalue weighted by molar-refractivity contribution is 5.45. The Bertz CT molecular complexity index is 234. The van der Waals surface area contributed by atoms with Gasteiger partial charge in [0.15, 0.2) is 0 Å². The van der Waals surface area contributed by atoms with Crippen molar-refractivity contribution in [2.45, 2.75) is 54.4 Å². The van der Waals surface area contributed by atoms with Gasteiger partial charge in [0.2, 0.25) is 0 Å². The standard InChI is InChI=1S/C9H14N2.2C2H6/c1-6(2)8-7(3)4-5-11-9(8)10;2*1-2/h4-6H,1-3H3,(H2,10,11);2*1-2H3. The van der Waals surface area contributed by atoms with Crippen LogP contribution >= 0.6 is 0 Å². The van der Waals surface area contributed by atoms with Crippen LogP contribution in [0.2, 0.25) is 0 Å². The highest BCUT2D eigenvalue weighted by Gasteiger charge is 2.06. The Morgan fingerprint density at radius 1 is 1.13 bits per heavy atom. The number of nitrogen functional groups attached to an aromatic ring is 1. The normalized spacial score (nSPS) is 8.53. The van der Waals surface area contributed by atoms with Crippen molar-refractivity contribution in [2.24, 2.45) is 0 Å². The van der Waals surface area contributed by atoms with Gasteiger partial charge in [0.1, 0.15) is 5.82 Å². The molecule has 1 aromatic rings. The molecule has 2 heteroatoms. The second-order valence-electron chi connectivity index (χ2n) is 3.08. The van der Waals surface area contributed by atoms with E-state index in [1.54, 1.807) is 6.20 Å². The van der Waals surface area contributed by atoms with Crippen LogP contribution in [0.1, 0.15) is 58.6 Å². The van der Waals surface area contributed by atoms with Crippen LogP contribution in [-0.2, 0) is 0 Å². The first kappa shape index (κ1) is 16.4. The number of hydrogen-bond donors (Lipinski definition) is 1. The van der Waals surface area contributed by atoms with Crippen LogP contribution in [0.5, 0.6) is 0 Å². The first-order valence-corrected chi connectivity index (χ1v) is 5.84. The molecule has 0 aliphatic rings. The van der Waals surface area contributed by atoms with E-state index in [0.29, 0.717) is 11.7 Å². The van der Waals surface area contributed by atoms with E-state index < -0.39 is 0 Å². The van der Waals surface area contributed by atoms with Crippen LogP contribution in [0.4, 0.5) is 5.82 Å². The van der Waals surface area contributed by atoms with Crippen molar-refractivity contribution >= 4 is 5.82 Å². The van der Waals surface area contributed by atoms with Gasteiger partial charge in [0, 0.05) is 6.20 Å². The fourth-order valence-electron chi connectivity index (χ4n) is 1.34. The van der Waals surface area contributed by atoms with E-state index >= 15 is 0 Å². The molecule has 0 fully saturated rings. The Labute approximate surface area is 94.9 Å². The van der Waals surface area contributed by atoms with Crippen molar-refractivity contribution in [3.63, 3.8) is 0 Å². The lowest BCUT2D eigenvalue weighted by atomic mass is 9.99. The maximum atomic E-state index is 5.71. The molecule has 1 rings (SSSR count). The molecule has 2 nitrogen and oxygen atoms in total. The number of nitrogens with zero attached hydrogens (tertiary/aromatic N) is 1. The molecule has 0 aromatic carbocycles. The highest BCUT2D eigenvalue weighted by atomic mass is 14.8. The molecule has 0 aliphatic heterocycles. The topological polar surface area (TPSA) is 38.9 Å². The van der Waals surface area contributed by atoms with E-state index in [2.05, 4.69) is 25.8 Å². The molecule has 15 heavy (non-hydrogen) atoms. The third-order valence-electron chi connectivity index (χ3n) is 1.82. The Kier molecular flexibility index (Phi) is 10.4. The summed E-state index contributed by atoms with van der Waals surface area (Å²) in [6.45, 7) is 14.3. The minimum absolute atomic E-state index is 0.462. The molecule has 1 heterocycles. The lowest BCUT2D eigenvalue weighted by Crippen LogP contribution is -2.01. The van der Waals surface area contributed by atoms with E-state index in [-0.39, 0.29) is 0 Å².